The zero-order valence-corrected chi connectivity index (χ0v) is 12.1. The van der Waals surface area contributed by atoms with Gasteiger partial charge in [0.25, 0.3) is 0 Å². The quantitative estimate of drug-likeness (QED) is 0.783. The summed E-state index contributed by atoms with van der Waals surface area (Å²) in [6, 6.07) is 12.5. The van der Waals surface area contributed by atoms with Crippen LogP contribution in [0.1, 0.15) is 12.5 Å². The van der Waals surface area contributed by atoms with E-state index in [2.05, 4.69) is 0 Å². The van der Waals surface area contributed by atoms with E-state index >= 15 is 0 Å². The summed E-state index contributed by atoms with van der Waals surface area (Å²) in [5.74, 6) is -0.288. The van der Waals surface area contributed by atoms with Gasteiger partial charge in [-0.15, -0.1) is 0 Å². The predicted octanol–water partition coefficient (Wildman–Crippen LogP) is 3.99. The molecule has 0 bridgehead atoms. The topological polar surface area (TPSA) is 35.5 Å². The van der Waals surface area contributed by atoms with Crippen molar-refractivity contribution in [1.82, 2.24) is 0 Å². The van der Waals surface area contributed by atoms with Gasteiger partial charge < -0.3 is 9.47 Å². The molecule has 21 heavy (non-hydrogen) atoms. The molecule has 0 aliphatic heterocycles. The first kappa shape index (κ1) is 15.3. The molecule has 0 saturated heterocycles. The van der Waals surface area contributed by atoms with Gasteiger partial charge in [-0.1, -0.05) is 23.7 Å². The molecule has 0 aromatic heterocycles. The van der Waals surface area contributed by atoms with E-state index in [-0.39, 0.29) is 12.4 Å². The van der Waals surface area contributed by atoms with Crippen LogP contribution in [0, 0.1) is 5.82 Å². The van der Waals surface area contributed by atoms with Crippen molar-refractivity contribution in [3.8, 4) is 5.75 Å². The van der Waals surface area contributed by atoms with Crippen molar-refractivity contribution in [2.75, 3.05) is 0 Å². The van der Waals surface area contributed by atoms with Gasteiger partial charge in [0.1, 0.15) is 18.2 Å². The Balaban J connectivity index is 1.84. The molecule has 2 aromatic rings. The summed E-state index contributed by atoms with van der Waals surface area (Å²) in [7, 11) is 0. The lowest BCUT2D eigenvalue weighted by atomic mass is 10.2. The van der Waals surface area contributed by atoms with Gasteiger partial charge in [0.05, 0.1) is 0 Å². The highest BCUT2D eigenvalue weighted by atomic mass is 35.5. The monoisotopic (exact) mass is 308 g/mol. The number of benzene rings is 2. The van der Waals surface area contributed by atoms with E-state index in [1.54, 1.807) is 43.3 Å². The number of esters is 1. The van der Waals surface area contributed by atoms with E-state index in [1.165, 1.54) is 12.1 Å². The lowest BCUT2D eigenvalue weighted by Gasteiger charge is -2.14. The van der Waals surface area contributed by atoms with Crippen LogP contribution in [0.15, 0.2) is 48.5 Å². The molecule has 0 radical (unpaired) electrons. The van der Waals surface area contributed by atoms with Crippen molar-refractivity contribution in [2.45, 2.75) is 19.6 Å². The summed E-state index contributed by atoms with van der Waals surface area (Å²) < 4.78 is 23.3. The molecule has 0 aliphatic rings. The number of carbonyl (C=O) groups is 1. The minimum atomic E-state index is -0.744. The van der Waals surface area contributed by atoms with Crippen molar-refractivity contribution in [1.29, 1.82) is 0 Å². The molecule has 5 heteroatoms. The molecule has 0 amide bonds. The zero-order valence-electron chi connectivity index (χ0n) is 11.4. The van der Waals surface area contributed by atoms with Gasteiger partial charge in [-0.3, -0.25) is 0 Å². The molecule has 0 fully saturated rings. The second kappa shape index (κ2) is 7.09. The minimum Gasteiger partial charge on any atom is -0.479 e. The summed E-state index contributed by atoms with van der Waals surface area (Å²) >= 11 is 5.77. The Morgan fingerprint density at radius 2 is 1.76 bits per heavy atom. The molecule has 110 valence electrons. The standard InChI is InChI=1S/C16H14ClFO3/c1-11(21-15-8-4-13(17)5-9-15)16(19)20-10-12-2-6-14(18)7-3-12/h2-9,11H,10H2,1H3/t11-/m1/s1. The third-order valence-corrected chi connectivity index (χ3v) is 3.00. The maximum atomic E-state index is 12.7. The summed E-state index contributed by atoms with van der Waals surface area (Å²) in [4.78, 5) is 11.8. The minimum absolute atomic E-state index is 0.0768. The van der Waals surface area contributed by atoms with Crippen LogP contribution in [0.5, 0.6) is 5.75 Å². The van der Waals surface area contributed by atoms with Gasteiger partial charge in [0.2, 0.25) is 0 Å². The van der Waals surface area contributed by atoms with Crippen molar-refractivity contribution < 1.29 is 18.7 Å². The van der Waals surface area contributed by atoms with Crippen LogP contribution in [0.2, 0.25) is 5.02 Å². The Morgan fingerprint density at radius 3 is 2.38 bits per heavy atom. The normalized spacial score (nSPS) is 11.8. The van der Waals surface area contributed by atoms with E-state index < -0.39 is 12.1 Å². The fourth-order valence-corrected chi connectivity index (χ4v) is 1.74. The number of hydrogen-bond acceptors (Lipinski definition) is 3. The lowest BCUT2D eigenvalue weighted by molar-refractivity contribution is -0.152. The predicted molar refractivity (Wildman–Crippen MR) is 77.7 cm³/mol. The van der Waals surface area contributed by atoms with Crippen LogP contribution < -0.4 is 4.74 Å². The Bertz CT molecular complexity index is 596. The number of rotatable bonds is 5. The highest BCUT2D eigenvalue weighted by molar-refractivity contribution is 6.30. The molecule has 0 aliphatic carbocycles. The first-order valence-electron chi connectivity index (χ1n) is 6.38. The molecular formula is C16H14ClFO3. The Hall–Kier alpha value is -2.07. The van der Waals surface area contributed by atoms with Gasteiger partial charge in [0.15, 0.2) is 6.10 Å². The molecule has 2 aromatic carbocycles. The number of hydrogen-bond donors (Lipinski definition) is 0. The van der Waals surface area contributed by atoms with Crippen LogP contribution in [0.25, 0.3) is 0 Å². The number of carbonyl (C=O) groups excluding carboxylic acids is 1. The van der Waals surface area contributed by atoms with Gasteiger partial charge in [0, 0.05) is 5.02 Å². The highest BCUT2D eigenvalue weighted by Gasteiger charge is 2.16. The van der Waals surface area contributed by atoms with E-state index in [0.29, 0.717) is 16.3 Å². The molecular weight excluding hydrogens is 295 g/mol. The molecule has 0 spiro atoms. The average molecular weight is 309 g/mol. The van der Waals surface area contributed by atoms with Gasteiger partial charge in [-0.05, 0) is 48.9 Å². The summed E-state index contributed by atoms with van der Waals surface area (Å²) in [6.45, 7) is 1.68. The fraction of sp³-hybridized carbons (Fsp3) is 0.188. The van der Waals surface area contributed by atoms with Crippen molar-refractivity contribution in [3.05, 3.63) is 64.9 Å². The lowest BCUT2D eigenvalue weighted by Crippen LogP contribution is -2.26. The SMILES string of the molecule is C[C@@H](Oc1ccc(Cl)cc1)C(=O)OCc1ccc(F)cc1. The summed E-state index contributed by atoms with van der Waals surface area (Å²) in [6.07, 6.45) is -0.744. The van der Waals surface area contributed by atoms with Crippen molar-refractivity contribution in [3.63, 3.8) is 0 Å². The summed E-state index contributed by atoms with van der Waals surface area (Å²) in [5.41, 5.74) is 0.712. The van der Waals surface area contributed by atoms with E-state index in [1.807, 2.05) is 0 Å². The van der Waals surface area contributed by atoms with Crippen molar-refractivity contribution in [2.24, 2.45) is 0 Å². The smallest absolute Gasteiger partial charge is 0.347 e. The number of halogens is 2. The van der Waals surface area contributed by atoms with Crippen LogP contribution in [0.4, 0.5) is 4.39 Å². The van der Waals surface area contributed by atoms with Crippen LogP contribution in [-0.2, 0) is 16.1 Å². The molecule has 0 saturated carbocycles. The van der Waals surface area contributed by atoms with E-state index in [9.17, 15) is 9.18 Å². The van der Waals surface area contributed by atoms with Gasteiger partial charge in [-0.2, -0.15) is 0 Å². The molecule has 0 N–H and O–H groups in total. The number of ether oxygens (including phenoxy) is 2. The fourth-order valence-electron chi connectivity index (χ4n) is 1.62. The van der Waals surface area contributed by atoms with Gasteiger partial charge >= 0.3 is 5.97 Å². The maximum absolute atomic E-state index is 12.7. The van der Waals surface area contributed by atoms with Crippen molar-refractivity contribution >= 4 is 17.6 Å². The second-order valence-electron chi connectivity index (χ2n) is 4.45. The molecule has 3 nitrogen and oxygen atoms in total. The summed E-state index contributed by atoms with van der Waals surface area (Å²) in [5, 5.41) is 0.592. The van der Waals surface area contributed by atoms with Crippen LogP contribution in [-0.4, -0.2) is 12.1 Å². The highest BCUT2D eigenvalue weighted by Crippen LogP contribution is 2.17. The van der Waals surface area contributed by atoms with E-state index in [4.69, 9.17) is 21.1 Å². The average Bonchev–Trinajstić information content (AvgIpc) is 2.48. The Labute approximate surface area is 127 Å². The molecule has 1 atom stereocenters. The largest absolute Gasteiger partial charge is 0.479 e. The second-order valence-corrected chi connectivity index (χ2v) is 4.88. The third-order valence-electron chi connectivity index (χ3n) is 2.75. The third kappa shape index (κ3) is 4.76. The maximum Gasteiger partial charge on any atom is 0.347 e. The zero-order chi connectivity index (χ0) is 15.2. The molecule has 0 unspecified atom stereocenters. The van der Waals surface area contributed by atoms with Gasteiger partial charge in [-0.25, -0.2) is 9.18 Å². The first-order valence-corrected chi connectivity index (χ1v) is 6.75. The Morgan fingerprint density at radius 1 is 1.14 bits per heavy atom. The van der Waals surface area contributed by atoms with E-state index in [0.717, 1.165) is 0 Å². The van der Waals surface area contributed by atoms with Crippen LogP contribution >= 0.6 is 11.6 Å². The molecule has 0 heterocycles. The van der Waals surface area contributed by atoms with Crippen LogP contribution in [0.3, 0.4) is 0 Å². The Kier molecular flexibility index (Phi) is 5.17. The first-order chi connectivity index (χ1) is 10.0. The molecule has 2 rings (SSSR count).